The van der Waals surface area contributed by atoms with Crippen LogP contribution in [0.4, 0.5) is 0 Å². The molecule has 1 aliphatic carbocycles. The van der Waals surface area contributed by atoms with Gasteiger partial charge in [-0.2, -0.15) is 0 Å². The molecule has 1 aromatic rings. The lowest BCUT2D eigenvalue weighted by Crippen LogP contribution is -2.27. The average molecular weight is 503 g/mol. The van der Waals surface area contributed by atoms with Gasteiger partial charge in [0, 0.05) is 29.7 Å². The molecule has 4 atom stereocenters. The fourth-order valence-electron chi connectivity index (χ4n) is 3.82. The number of benzene rings is 1. The van der Waals surface area contributed by atoms with Gasteiger partial charge in [-0.05, 0) is 55.4 Å². The SMILES string of the molecule is CC(=O)OCc1cc(Cl)cc(OC[C@@H]2[C@@H](C/C=C\CCCC(=O)OCCO)[C@H](Cl)C[C@H]2O)c1. The van der Waals surface area contributed by atoms with Gasteiger partial charge in [-0.1, -0.05) is 23.8 Å². The minimum Gasteiger partial charge on any atom is -0.493 e. The Morgan fingerprint density at radius 3 is 2.70 bits per heavy atom. The van der Waals surface area contributed by atoms with Gasteiger partial charge >= 0.3 is 11.9 Å². The van der Waals surface area contributed by atoms with Gasteiger partial charge in [-0.3, -0.25) is 9.59 Å². The Hall–Kier alpha value is -1.80. The zero-order valence-electron chi connectivity index (χ0n) is 18.8. The summed E-state index contributed by atoms with van der Waals surface area (Å²) in [5.41, 5.74) is 0.717. The number of hydrogen-bond acceptors (Lipinski definition) is 7. The van der Waals surface area contributed by atoms with Crippen LogP contribution in [0.3, 0.4) is 0 Å². The van der Waals surface area contributed by atoms with E-state index in [0.717, 1.165) is 12.0 Å². The first-order valence-corrected chi connectivity index (χ1v) is 11.9. The van der Waals surface area contributed by atoms with Gasteiger partial charge in [0.05, 0.1) is 19.3 Å². The van der Waals surface area contributed by atoms with E-state index >= 15 is 0 Å². The van der Waals surface area contributed by atoms with Crippen molar-refractivity contribution in [2.24, 2.45) is 11.8 Å². The monoisotopic (exact) mass is 502 g/mol. The molecule has 9 heteroatoms. The molecule has 1 aromatic carbocycles. The van der Waals surface area contributed by atoms with E-state index in [4.69, 9.17) is 42.5 Å². The van der Waals surface area contributed by atoms with Crippen LogP contribution in [0, 0.1) is 11.8 Å². The Kier molecular flexibility index (Phi) is 12.0. The van der Waals surface area contributed by atoms with Crippen molar-refractivity contribution in [2.45, 2.75) is 57.1 Å². The maximum atomic E-state index is 11.4. The van der Waals surface area contributed by atoms with Crippen molar-refractivity contribution in [3.8, 4) is 5.75 Å². The summed E-state index contributed by atoms with van der Waals surface area (Å²) < 4.78 is 15.8. The van der Waals surface area contributed by atoms with E-state index < -0.39 is 6.10 Å². The van der Waals surface area contributed by atoms with E-state index in [1.165, 1.54) is 6.92 Å². The number of carbonyl (C=O) groups is 2. The summed E-state index contributed by atoms with van der Waals surface area (Å²) in [5, 5.41) is 19.4. The Balaban J connectivity index is 1.84. The number of hydrogen-bond donors (Lipinski definition) is 2. The molecule has 0 aromatic heterocycles. The Morgan fingerprint density at radius 1 is 1.18 bits per heavy atom. The minimum absolute atomic E-state index is 0.0297. The van der Waals surface area contributed by atoms with Gasteiger partial charge in [-0.25, -0.2) is 0 Å². The number of unbranched alkanes of at least 4 members (excludes halogenated alkanes) is 1. The fourth-order valence-corrected chi connectivity index (χ4v) is 4.54. The van der Waals surface area contributed by atoms with Gasteiger partial charge in [0.25, 0.3) is 0 Å². The second kappa shape index (κ2) is 14.5. The fraction of sp³-hybridized carbons (Fsp3) is 0.583. The van der Waals surface area contributed by atoms with E-state index in [2.05, 4.69) is 0 Å². The third kappa shape index (κ3) is 9.92. The first kappa shape index (κ1) is 27.4. The standard InChI is InChI=1S/C24H32Cl2O7/c1-16(28)32-14-17-10-18(25)12-19(11-17)33-15-21-20(22(26)13-23(21)29)6-4-2-3-5-7-24(30)31-9-8-27/h2,4,10-12,20-23,27,29H,3,5-9,13-15H2,1H3/b4-2-/t20-,21-,22-,23-/m1/s1. The predicted molar refractivity (Wildman–Crippen MR) is 125 cm³/mol. The molecule has 184 valence electrons. The van der Waals surface area contributed by atoms with Gasteiger partial charge in [-0.15, -0.1) is 11.6 Å². The molecule has 33 heavy (non-hydrogen) atoms. The van der Waals surface area contributed by atoms with Crippen molar-refractivity contribution in [3.63, 3.8) is 0 Å². The third-order valence-corrected chi connectivity index (χ3v) is 6.19. The number of carbonyl (C=O) groups excluding carboxylic acids is 2. The summed E-state index contributed by atoms with van der Waals surface area (Å²) in [5.74, 6) is -0.241. The van der Waals surface area contributed by atoms with E-state index in [0.29, 0.717) is 36.5 Å². The van der Waals surface area contributed by atoms with Crippen LogP contribution < -0.4 is 4.74 Å². The quantitative estimate of drug-likeness (QED) is 0.181. The highest BCUT2D eigenvalue weighted by Gasteiger charge is 2.41. The normalized spacial score (nSPS) is 22.5. The molecule has 1 aliphatic rings. The first-order chi connectivity index (χ1) is 15.8. The number of esters is 2. The number of alkyl halides is 1. The number of allylic oxidation sites excluding steroid dienone is 2. The summed E-state index contributed by atoms with van der Waals surface area (Å²) in [4.78, 5) is 22.5. The molecular weight excluding hydrogens is 471 g/mol. The smallest absolute Gasteiger partial charge is 0.305 e. The molecule has 7 nitrogen and oxygen atoms in total. The van der Waals surface area contributed by atoms with Crippen molar-refractivity contribution in [1.82, 2.24) is 0 Å². The zero-order valence-corrected chi connectivity index (χ0v) is 20.3. The van der Waals surface area contributed by atoms with Crippen LogP contribution in [0.1, 0.15) is 44.6 Å². The van der Waals surface area contributed by atoms with Crippen LogP contribution >= 0.6 is 23.2 Å². The van der Waals surface area contributed by atoms with E-state index in [1.54, 1.807) is 18.2 Å². The third-order valence-electron chi connectivity index (χ3n) is 5.47. The van der Waals surface area contributed by atoms with Crippen molar-refractivity contribution in [1.29, 1.82) is 0 Å². The molecule has 0 heterocycles. The summed E-state index contributed by atoms with van der Waals surface area (Å²) in [7, 11) is 0. The molecule has 1 saturated carbocycles. The highest BCUT2D eigenvalue weighted by molar-refractivity contribution is 6.30. The predicted octanol–water partition coefficient (Wildman–Crippen LogP) is 4.04. The highest BCUT2D eigenvalue weighted by atomic mass is 35.5. The van der Waals surface area contributed by atoms with Crippen LogP contribution in [0.2, 0.25) is 5.02 Å². The molecule has 0 saturated heterocycles. The molecule has 0 radical (unpaired) electrons. The number of rotatable bonds is 13. The van der Waals surface area contributed by atoms with Crippen molar-refractivity contribution in [3.05, 3.63) is 40.9 Å². The maximum Gasteiger partial charge on any atom is 0.305 e. The minimum atomic E-state index is -0.563. The van der Waals surface area contributed by atoms with Gasteiger partial charge in [0.1, 0.15) is 19.0 Å². The zero-order chi connectivity index (χ0) is 24.2. The van der Waals surface area contributed by atoms with Crippen molar-refractivity contribution in [2.75, 3.05) is 19.8 Å². The number of ether oxygens (including phenoxy) is 3. The number of aliphatic hydroxyl groups is 2. The number of aliphatic hydroxyl groups excluding tert-OH is 2. The molecule has 0 amide bonds. The van der Waals surface area contributed by atoms with Crippen LogP contribution in [-0.4, -0.2) is 53.5 Å². The van der Waals surface area contributed by atoms with E-state index in [1.807, 2.05) is 12.2 Å². The summed E-state index contributed by atoms with van der Waals surface area (Å²) in [6.07, 6.45) is 6.36. The largest absolute Gasteiger partial charge is 0.493 e. The van der Waals surface area contributed by atoms with Crippen LogP contribution in [0.5, 0.6) is 5.75 Å². The lowest BCUT2D eigenvalue weighted by atomic mass is 9.92. The van der Waals surface area contributed by atoms with Gasteiger partial charge in [0.15, 0.2) is 0 Å². The van der Waals surface area contributed by atoms with Crippen LogP contribution in [-0.2, 0) is 25.7 Å². The lowest BCUT2D eigenvalue weighted by Gasteiger charge is -2.23. The Labute approximate surface area is 204 Å². The average Bonchev–Trinajstić information content (AvgIpc) is 3.03. The number of halogens is 2. The molecule has 0 bridgehead atoms. The Morgan fingerprint density at radius 2 is 1.97 bits per heavy atom. The molecule has 1 fully saturated rings. The molecule has 2 rings (SSSR count). The second-order valence-corrected chi connectivity index (χ2v) is 9.07. The first-order valence-electron chi connectivity index (χ1n) is 11.1. The molecule has 0 unspecified atom stereocenters. The van der Waals surface area contributed by atoms with Crippen LogP contribution in [0.25, 0.3) is 0 Å². The topological polar surface area (TPSA) is 102 Å². The van der Waals surface area contributed by atoms with Gasteiger partial charge < -0.3 is 24.4 Å². The van der Waals surface area contributed by atoms with E-state index in [-0.39, 0.29) is 55.6 Å². The maximum absolute atomic E-state index is 11.4. The molecule has 0 spiro atoms. The highest BCUT2D eigenvalue weighted by Crippen LogP contribution is 2.39. The molecule has 0 aliphatic heterocycles. The van der Waals surface area contributed by atoms with Crippen molar-refractivity contribution >= 4 is 35.1 Å². The van der Waals surface area contributed by atoms with Crippen molar-refractivity contribution < 1.29 is 34.0 Å². The van der Waals surface area contributed by atoms with E-state index in [9.17, 15) is 14.7 Å². The Bertz CT molecular complexity index is 799. The molecule has 2 N–H and O–H groups in total. The molecular formula is C24H32Cl2O7. The van der Waals surface area contributed by atoms with Gasteiger partial charge in [0.2, 0.25) is 0 Å². The lowest BCUT2D eigenvalue weighted by molar-refractivity contribution is -0.145. The summed E-state index contributed by atoms with van der Waals surface area (Å²) in [6, 6.07) is 5.14. The van der Waals surface area contributed by atoms with Crippen LogP contribution in [0.15, 0.2) is 30.4 Å². The summed E-state index contributed by atoms with van der Waals surface area (Å²) >= 11 is 12.7. The summed E-state index contributed by atoms with van der Waals surface area (Å²) in [6.45, 7) is 1.59. The second-order valence-electron chi connectivity index (χ2n) is 8.08.